The third-order valence-corrected chi connectivity index (χ3v) is 5.41. The molecule has 2 aromatic carbocycles. The molecule has 2 aliphatic rings. The fourth-order valence-corrected chi connectivity index (χ4v) is 3.77. The predicted molar refractivity (Wildman–Crippen MR) is 105 cm³/mol. The molecule has 6 atom stereocenters. The van der Waals surface area contributed by atoms with Crippen LogP contribution in [-0.4, -0.2) is 75.8 Å². The zero-order valence-corrected chi connectivity index (χ0v) is 16.5. The molecule has 1 fully saturated rings. The van der Waals surface area contributed by atoms with Crippen molar-refractivity contribution in [1.29, 1.82) is 0 Å². The number of aliphatic hydroxyl groups excluding tert-OH is 4. The van der Waals surface area contributed by atoms with Gasteiger partial charge < -0.3 is 34.6 Å². The first-order chi connectivity index (χ1) is 14.8. The number of rotatable bonds is 5. The maximum absolute atomic E-state index is 12.6. The molecule has 0 amide bonds. The van der Waals surface area contributed by atoms with Crippen molar-refractivity contribution in [2.45, 2.75) is 43.9 Å². The lowest BCUT2D eigenvalue weighted by Crippen LogP contribution is -2.59. The van der Waals surface area contributed by atoms with Gasteiger partial charge in [-0.3, -0.25) is 4.79 Å². The Morgan fingerprint density at radius 2 is 1.68 bits per heavy atom. The molecule has 1 aliphatic heterocycles. The minimum absolute atomic E-state index is 0.143. The standard InChI is InChI=1S/C22H22O9/c1-10(30-22-20(27)19(26)18(25)16(9-23)31-22)29-21(28)11-6-7-13-12-4-2-3-5-14(12)17(24)15(13)8-11/h2-8,10,16,18-20,22-23,25-27H,9H2,1H3/t10?,16-,18-,19+,20-,22-/m1/s1. The Morgan fingerprint density at radius 3 is 2.39 bits per heavy atom. The average Bonchev–Trinajstić information content (AvgIpc) is 3.06. The van der Waals surface area contributed by atoms with E-state index in [1.165, 1.54) is 19.1 Å². The molecule has 4 rings (SSSR count). The van der Waals surface area contributed by atoms with E-state index in [9.17, 15) is 30.0 Å². The van der Waals surface area contributed by atoms with Crippen LogP contribution in [0.1, 0.15) is 33.2 Å². The van der Waals surface area contributed by atoms with Crippen LogP contribution in [-0.2, 0) is 14.2 Å². The lowest BCUT2D eigenvalue weighted by atomic mass is 9.99. The Balaban J connectivity index is 1.44. The van der Waals surface area contributed by atoms with Crippen molar-refractivity contribution in [3.63, 3.8) is 0 Å². The van der Waals surface area contributed by atoms with Gasteiger partial charge in [0.15, 0.2) is 12.1 Å². The number of carbonyl (C=O) groups is 2. The molecule has 0 aromatic heterocycles. The summed E-state index contributed by atoms with van der Waals surface area (Å²) in [6.45, 7) is 0.776. The lowest BCUT2D eigenvalue weighted by Gasteiger charge is -2.40. The van der Waals surface area contributed by atoms with E-state index in [4.69, 9.17) is 14.2 Å². The molecule has 0 bridgehead atoms. The predicted octanol–water partition coefficient (Wildman–Crippen LogP) is 0.217. The fourth-order valence-electron chi connectivity index (χ4n) is 3.77. The molecule has 2 aromatic rings. The van der Waals surface area contributed by atoms with Crippen molar-refractivity contribution in [1.82, 2.24) is 0 Å². The molecular formula is C22H22O9. The van der Waals surface area contributed by atoms with E-state index in [-0.39, 0.29) is 11.3 Å². The van der Waals surface area contributed by atoms with Crippen LogP contribution in [0, 0.1) is 0 Å². The summed E-state index contributed by atoms with van der Waals surface area (Å²) in [5, 5.41) is 38.9. The van der Waals surface area contributed by atoms with E-state index < -0.39 is 49.6 Å². The van der Waals surface area contributed by atoms with Gasteiger partial charge in [0.1, 0.15) is 24.4 Å². The third kappa shape index (κ3) is 3.87. The Morgan fingerprint density at radius 1 is 1.00 bits per heavy atom. The number of hydrogen-bond donors (Lipinski definition) is 4. The normalized spacial score (nSPS) is 28.0. The van der Waals surface area contributed by atoms with Gasteiger partial charge in [-0.05, 0) is 30.2 Å². The molecule has 164 valence electrons. The van der Waals surface area contributed by atoms with Gasteiger partial charge >= 0.3 is 5.97 Å². The van der Waals surface area contributed by atoms with Crippen LogP contribution in [0.25, 0.3) is 11.1 Å². The van der Waals surface area contributed by atoms with Crippen molar-refractivity contribution in [2.75, 3.05) is 6.61 Å². The van der Waals surface area contributed by atoms with Crippen LogP contribution in [0.4, 0.5) is 0 Å². The van der Waals surface area contributed by atoms with Crippen molar-refractivity contribution in [2.24, 2.45) is 0 Å². The molecule has 1 saturated heterocycles. The molecule has 4 N–H and O–H groups in total. The number of carbonyl (C=O) groups excluding carboxylic acids is 2. The van der Waals surface area contributed by atoms with Gasteiger partial charge in [0.2, 0.25) is 6.29 Å². The molecular weight excluding hydrogens is 408 g/mol. The maximum atomic E-state index is 12.6. The van der Waals surface area contributed by atoms with Crippen LogP contribution in [0.2, 0.25) is 0 Å². The molecule has 1 unspecified atom stereocenters. The van der Waals surface area contributed by atoms with Gasteiger partial charge in [-0.15, -0.1) is 0 Å². The first-order valence-corrected chi connectivity index (χ1v) is 9.77. The van der Waals surface area contributed by atoms with Gasteiger partial charge in [0.05, 0.1) is 12.2 Å². The van der Waals surface area contributed by atoms with E-state index >= 15 is 0 Å². The van der Waals surface area contributed by atoms with E-state index in [0.29, 0.717) is 11.1 Å². The van der Waals surface area contributed by atoms with Crippen LogP contribution >= 0.6 is 0 Å². The number of benzene rings is 2. The second-order valence-corrected chi connectivity index (χ2v) is 7.44. The topological polar surface area (TPSA) is 143 Å². The second kappa shape index (κ2) is 8.46. The molecule has 0 saturated carbocycles. The van der Waals surface area contributed by atoms with Crippen LogP contribution in [0.3, 0.4) is 0 Å². The highest BCUT2D eigenvalue weighted by molar-refractivity contribution is 6.22. The smallest absolute Gasteiger partial charge is 0.340 e. The SMILES string of the molecule is CC(OC(=O)c1ccc2c(c1)C(=O)c1ccccc1-2)O[C@@H]1O[C@H](CO)[C@@H](O)[C@H](O)[C@H]1O. The fraction of sp³-hybridized carbons (Fsp3) is 0.364. The molecule has 0 spiro atoms. The Kier molecular flexibility index (Phi) is 5.89. The zero-order valence-electron chi connectivity index (χ0n) is 16.5. The third-order valence-electron chi connectivity index (χ3n) is 5.41. The summed E-state index contributed by atoms with van der Waals surface area (Å²) in [6, 6.07) is 11.9. The summed E-state index contributed by atoms with van der Waals surface area (Å²) >= 11 is 0. The van der Waals surface area contributed by atoms with Gasteiger partial charge in [-0.1, -0.05) is 30.3 Å². The molecule has 1 aliphatic carbocycles. The van der Waals surface area contributed by atoms with Gasteiger partial charge in [-0.25, -0.2) is 4.79 Å². The van der Waals surface area contributed by atoms with E-state index in [1.807, 2.05) is 12.1 Å². The summed E-state index contributed by atoms with van der Waals surface area (Å²) in [6.07, 6.45) is -8.52. The van der Waals surface area contributed by atoms with E-state index in [2.05, 4.69) is 0 Å². The molecule has 9 nitrogen and oxygen atoms in total. The van der Waals surface area contributed by atoms with Crippen molar-refractivity contribution < 1.29 is 44.2 Å². The Bertz CT molecular complexity index is 1000. The Labute approximate surface area is 177 Å². The first kappa shape index (κ1) is 21.6. The van der Waals surface area contributed by atoms with Crippen LogP contribution in [0.15, 0.2) is 42.5 Å². The van der Waals surface area contributed by atoms with Gasteiger partial charge in [0, 0.05) is 11.1 Å². The average molecular weight is 430 g/mol. The summed E-state index contributed by atoms with van der Waals surface area (Å²) in [5.41, 5.74) is 2.66. The largest absolute Gasteiger partial charge is 0.432 e. The first-order valence-electron chi connectivity index (χ1n) is 9.77. The molecule has 9 heteroatoms. The zero-order chi connectivity index (χ0) is 22.3. The van der Waals surface area contributed by atoms with Crippen molar-refractivity contribution in [3.8, 4) is 11.1 Å². The maximum Gasteiger partial charge on any atom is 0.340 e. The number of aliphatic hydroxyl groups is 4. The molecule has 1 heterocycles. The quantitative estimate of drug-likeness (QED) is 0.330. The van der Waals surface area contributed by atoms with Crippen LogP contribution < -0.4 is 0 Å². The summed E-state index contributed by atoms with van der Waals surface area (Å²) < 4.78 is 15.8. The monoisotopic (exact) mass is 430 g/mol. The molecule has 31 heavy (non-hydrogen) atoms. The van der Waals surface area contributed by atoms with Gasteiger partial charge in [-0.2, -0.15) is 0 Å². The summed E-state index contributed by atoms with van der Waals surface area (Å²) in [4.78, 5) is 25.2. The number of fused-ring (bicyclic) bond motifs is 3. The number of esters is 1. The highest BCUT2D eigenvalue weighted by atomic mass is 16.8. The highest BCUT2D eigenvalue weighted by Gasteiger charge is 2.44. The summed E-state index contributed by atoms with van der Waals surface area (Å²) in [7, 11) is 0. The minimum Gasteiger partial charge on any atom is -0.432 e. The number of ether oxygens (including phenoxy) is 3. The number of ketones is 1. The van der Waals surface area contributed by atoms with E-state index in [1.54, 1.807) is 18.2 Å². The number of hydrogen-bond acceptors (Lipinski definition) is 9. The van der Waals surface area contributed by atoms with E-state index in [0.717, 1.165) is 11.1 Å². The van der Waals surface area contributed by atoms with Gasteiger partial charge in [0.25, 0.3) is 0 Å². The highest BCUT2D eigenvalue weighted by Crippen LogP contribution is 2.36. The van der Waals surface area contributed by atoms with Crippen molar-refractivity contribution in [3.05, 3.63) is 59.2 Å². The minimum atomic E-state index is -1.62. The lowest BCUT2D eigenvalue weighted by molar-refractivity contribution is -0.328. The van der Waals surface area contributed by atoms with Crippen molar-refractivity contribution >= 4 is 11.8 Å². The molecule has 0 radical (unpaired) electrons. The second-order valence-electron chi connectivity index (χ2n) is 7.44. The summed E-state index contributed by atoms with van der Waals surface area (Å²) in [5.74, 6) is -0.936. The van der Waals surface area contributed by atoms with Crippen LogP contribution in [0.5, 0.6) is 0 Å². The Hall–Kier alpha value is -2.66.